The molecule has 0 bridgehead atoms. The first-order chi connectivity index (χ1) is 16.7. The lowest BCUT2D eigenvalue weighted by Gasteiger charge is -2.20. The van der Waals surface area contributed by atoms with Crippen LogP contribution in [0.15, 0.2) is 59.6 Å². The van der Waals surface area contributed by atoms with E-state index in [1.807, 2.05) is 4.90 Å². The second-order valence-electron chi connectivity index (χ2n) is 8.87. The van der Waals surface area contributed by atoms with Crippen LogP contribution in [-0.2, 0) is 26.0 Å². The lowest BCUT2D eigenvalue weighted by molar-refractivity contribution is -0.131. The van der Waals surface area contributed by atoms with Crippen molar-refractivity contribution in [3.8, 4) is 0 Å². The number of amides is 2. The van der Waals surface area contributed by atoms with Crippen LogP contribution >= 0.6 is 0 Å². The van der Waals surface area contributed by atoms with Crippen LogP contribution in [0.4, 0.5) is 5.69 Å². The topological polar surface area (TPSA) is 106 Å². The number of nitrogens with zero attached hydrogens (tertiary/aromatic N) is 2. The Balaban J connectivity index is 1.53. The highest BCUT2D eigenvalue weighted by atomic mass is 32.2. The number of rotatable bonds is 7. The molecular formula is C26H29N3O5S. The molecular weight excluding hydrogens is 466 g/mol. The van der Waals surface area contributed by atoms with E-state index >= 15 is 0 Å². The Morgan fingerprint density at radius 2 is 1.57 bits per heavy atom. The minimum absolute atomic E-state index is 0.0267. The van der Waals surface area contributed by atoms with Gasteiger partial charge in [-0.1, -0.05) is 31.0 Å². The van der Waals surface area contributed by atoms with E-state index in [2.05, 4.69) is 5.32 Å². The van der Waals surface area contributed by atoms with E-state index in [0.29, 0.717) is 22.2 Å². The highest BCUT2D eigenvalue weighted by molar-refractivity contribution is 7.92. The number of para-hydroxylation sites is 1. The maximum atomic E-state index is 13.2. The minimum atomic E-state index is -3.99. The lowest BCUT2D eigenvalue weighted by Crippen LogP contribution is -2.34. The molecule has 2 aromatic carbocycles. The molecule has 0 atom stereocenters. The molecule has 9 heteroatoms. The highest BCUT2D eigenvalue weighted by Crippen LogP contribution is 2.27. The average molecular weight is 496 g/mol. The SMILES string of the molecule is CC(=O)c1ccc(NC(=O)CS(=O)(=O)c2cn(CC(=O)N3CCCCCC3)c3ccccc23)cc1. The van der Waals surface area contributed by atoms with Crippen molar-refractivity contribution in [1.29, 1.82) is 0 Å². The zero-order valence-corrected chi connectivity index (χ0v) is 20.5. The summed E-state index contributed by atoms with van der Waals surface area (Å²) in [6.07, 6.45) is 5.64. The fourth-order valence-electron chi connectivity index (χ4n) is 4.39. The Morgan fingerprint density at radius 3 is 2.23 bits per heavy atom. The number of nitrogens with one attached hydrogen (secondary N) is 1. The summed E-state index contributed by atoms with van der Waals surface area (Å²) in [6.45, 7) is 2.93. The third-order valence-electron chi connectivity index (χ3n) is 6.25. The minimum Gasteiger partial charge on any atom is -0.341 e. The highest BCUT2D eigenvalue weighted by Gasteiger charge is 2.26. The van der Waals surface area contributed by atoms with Gasteiger partial charge in [0.15, 0.2) is 15.6 Å². The van der Waals surface area contributed by atoms with Gasteiger partial charge in [-0.15, -0.1) is 0 Å². The van der Waals surface area contributed by atoms with Gasteiger partial charge in [-0.05, 0) is 50.1 Å². The Kier molecular flexibility index (Phi) is 7.35. The zero-order chi connectivity index (χ0) is 25.0. The van der Waals surface area contributed by atoms with E-state index in [1.54, 1.807) is 53.1 Å². The predicted molar refractivity (Wildman–Crippen MR) is 134 cm³/mol. The molecule has 2 amide bonds. The van der Waals surface area contributed by atoms with Crippen LogP contribution in [0.5, 0.6) is 0 Å². The van der Waals surface area contributed by atoms with Gasteiger partial charge in [0.1, 0.15) is 12.3 Å². The number of fused-ring (bicyclic) bond motifs is 1. The molecule has 0 aliphatic carbocycles. The van der Waals surface area contributed by atoms with Gasteiger partial charge in [-0.2, -0.15) is 0 Å². The smallest absolute Gasteiger partial charge is 0.242 e. The standard InChI is InChI=1S/C26H29N3O5S/c1-19(30)20-10-12-21(13-11-20)27-25(31)18-35(33,34)24-16-29(23-9-5-4-8-22(23)24)17-26(32)28-14-6-2-3-7-15-28/h4-5,8-13,16H,2-3,6-7,14-15,17-18H2,1H3,(H,27,31). The Bertz CT molecular complexity index is 1350. The van der Waals surface area contributed by atoms with Gasteiger partial charge in [-0.25, -0.2) is 8.42 Å². The molecule has 0 spiro atoms. The summed E-state index contributed by atoms with van der Waals surface area (Å²) in [5.74, 6) is -1.56. The first-order valence-corrected chi connectivity index (χ1v) is 13.4. The van der Waals surface area contributed by atoms with Crippen LogP contribution in [0.2, 0.25) is 0 Å². The third kappa shape index (κ3) is 5.79. The van der Waals surface area contributed by atoms with Gasteiger partial charge in [0, 0.05) is 41.4 Å². The molecule has 3 aromatic rings. The Hall–Kier alpha value is -3.46. The summed E-state index contributed by atoms with van der Waals surface area (Å²) in [4.78, 5) is 38.8. The molecule has 0 saturated carbocycles. The van der Waals surface area contributed by atoms with Crippen molar-refractivity contribution in [1.82, 2.24) is 9.47 Å². The number of hydrogen-bond donors (Lipinski definition) is 1. The summed E-state index contributed by atoms with van der Waals surface area (Å²) >= 11 is 0. The molecule has 2 heterocycles. The van der Waals surface area contributed by atoms with E-state index in [4.69, 9.17) is 0 Å². The maximum Gasteiger partial charge on any atom is 0.242 e. The molecule has 184 valence electrons. The Morgan fingerprint density at radius 1 is 0.914 bits per heavy atom. The van der Waals surface area contributed by atoms with E-state index < -0.39 is 21.5 Å². The number of carbonyl (C=O) groups is 3. The van der Waals surface area contributed by atoms with E-state index in [9.17, 15) is 22.8 Å². The van der Waals surface area contributed by atoms with Crippen molar-refractivity contribution in [2.45, 2.75) is 44.0 Å². The van der Waals surface area contributed by atoms with Gasteiger partial charge in [-0.3, -0.25) is 14.4 Å². The van der Waals surface area contributed by atoms with E-state index in [1.165, 1.54) is 13.1 Å². The fraction of sp³-hybridized carbons (Fsp3) is 0.346. The van der Waals surface area contributed by atoms with Crippen molar-refractivity contribution < 1.29 is 22.8 Å². The molecule has 4 rings (SSSR count). The fourth-order valence-corrected chi connectivity index (χ4v) is 5.76. The Labute approximate surface area is 204 Å². The number of aromatic nitrogens is 1. The second-order valence-corrected chi connectivity index (χ2v) is 10.8. The molecule has 1 aromatic heterocycles. The number of benzene rings is 2. The van der Waals surface area contributed by atoms with E-state index in [0.717, 1.165) is 38.8 Å². The predicted octanol–water partition coefficient (Wildman–Crippen LogP) is 3.66. The van der Waals surface area contributed by atoms with Crippen molar-refractivity contribution in [2.75, 3.05) is 24.2 Å². The summed E-state index contributed by atoms with van der Waals surface area (Å²) in [7, 11) is -3.99. The first kappa shape index (κ1) is 24.7. The normalized spacial score (nSPS) is 14.5. The molecule has 35 heavy (non-hydrogen) atoms. The number of anilines is 1. The number of hydrogen-bond acceptors (Lipinski definition) is 5. The quantitative estimate of drug-likeness (QED) is 0.504. The van der Waals surface area contributed by atoms with Gasteiger partial charge in [0.25, 0.3) is 0 Å². The monoisotopic (exact) mass is 495 g/mol. The zero-order valence-electron chi connectivity index (χ0n) is 19.7. The second kappa shape index (κ2) is 10.4. The largest absolute Gasteiger partial charge is 0.341 e. The van der Waals surface area contributed by atoms with Crippen LogP contribution in [-0.4, -0.2) is 54.3 Å². The van der Waals surface area contributed by atoms with Gasteiger partial charge in [0.05, 0.1) is 4.90 Å². The van der Waals surface area contributed by atoms with Crippen LogP contribution in [0.3, 0.4) is 0 Å². The summed E-state index contributed by atoms with van der Waals surface area (Å²) < 4.78 is 28.1. The van der Waals surface area contributed by atoms with Crippen LogP contribution in [0.1, 0.15) is 43.0 Å². The number of carbonyl (C=O) groups excluding carboxylic acids is 3. The summed E-state index contributed by atoms with van der Waals surface area (Å²) in [5.41, 5.74) is 1.54. The molecule has 1 N–H and O–H groups in total. The molecule has 8 nitrogen and oxygen atoms in total. The molecule has 1 aliphatic rings. The van der Waals surface area contributed by atoms with Crippen LogP contribution in [0.25, 0.3) is 10.9 Å². The van der Waals surface area contributed by atoms with Crippen LogP contribution < -0.4 is 5.32 Å². The molecule has 0 unspecified atom stereocenters. The van der Waals surface area contributed by atoms with Crippen LogP contribution in [0, 0.1) is 0 Å². The number of ketones is 1. The molecule has 1 saturated heterocycles. The van der Waals surface area contributed by atoms with Crippen molar-refractivity contribution in [2.24, 2.45) is 0 Å². The van der Waals surface area contributed by atoms with Gasteiger partial charge in [0.2, 0.25) is 11.8 Å². The van der Waals surface area contributed by atoms with E-state index in [-0.39, 0.29) is 23.1 Å². The number of sulfone groups is 1. The number of Topliss-reactive ketones (excluding diaryl/α,β-unsaturated/α-hetero) is 1. The summed E-state index contributed by atoms with van der Waals surface area (Å²) in [5, 5.41) is 3.05. The van der Waals surface area contributed by atoms with Crippen molar-refractivity contribution >= 4 is 44.0 Å². The lowest BCUT2D eigenvalue weighted by atomic mass is 10.1. The summed E-state index contributed by atoms with van der Waals surface area (Å²) in [6, 6.07) is 13.3. The van der Waals surface area contributed by atoms with Crippen molar-refractivity contribution in [3.63, 3.8) is 0 Å². The third-order valence-corrected chi connectivity index (χ3v) is 7.89. The van der Waals surface area contributed by atoms with Gasteiger partial charge < -0.3 is 14.8 Å². The molecule has 1 fully saturated rings. The first-order valence-electron chi connectivity index (χ1n) is 11.7. The van der Waals surface area contributed by atoms with Crippen molar-refractivity contribution in [3.05, 3.63) is 60.3 Å². The van der Waals surface area contributed by atoms with Gasteiger partial charge >= 0.3 is 0 Å². The molecule has 0 radical (unpaired) electrons. The maximum absolute atomic E-state index is 13.2. The number of likely N-dealkylation sites (tertiary alicyclic amines) is 1. The average Bonchev–Trinajstić information content (AvgIpc) is 2.99. The molecule has 1 aliphatic heterocycles.